The Labute approximate surface area is 155 Å². The van der Waals surface area contributed by atoms with Gasteiger partial charge in [-0.05, 0) is 36.8 Å². The average molecular weight is 401 g/mol. The molecule has 1 aromatic heterocycles. The van der Waals surface area contributed by atoms with Gasteiger partial charge in [0.05, 0.1) is 36.5 Å². The van der Waals surface area contributed by atoms with E-state index in [1.54, 1.807) is 17.0 Å². The number of benzene rings is 1. The lowest BCUT2D eigenvalue weighted by atomic mass is 10.2. The van der Waals surface area contributed by atoms with E-state index in [4.69, 9.17) is 16.0 Å². The van der Waals surface area contributed by atoms with E-state index in [1.807, 2.05) is 0 Å². The van der Waals surface area contributed by atoms with Crippen LogP contribution in [0.5, 0.6) is 0 Å². The van der Waals surface area contributed by atoms with Gasteiger partial charge >= 0.3 is 0 Å². The number of hydrogen-bond donors (Lipinski definition) is 1. The van der Waals surface area contributed by atoms with Crippen molar-refractivity contribution in [3.05, 3.63) is 53.2 Å². The van der Waals surface area contributed by atoms with Crippen molar-refractivity contribution < 1.29 is 22.0 Å². The number of amides is 1. The third kappa shape index (κ3) is 4.84. The first-order chi connectivity index (χ1) is 12.3. The molecule has 1 aliphatic rings. The fourth-order valence-corrected chi connectivity index (χ4v) is 4.87. The predicted octanol–water partition coefficient (Wildman–Crippen LogP) is 2.70. The maximum Gasteiger partial charge on any atom is 0.238 e. The van der Waals surface area contributed by atoms with Crippen LogP contribution < -0.4 is 5.32 Å². The Balaban J connectivity index is 1.71. The molecule has 2 aromatic rings. The molecule has 0 saturated carbocycles. The normalized spacial score (nSPS) is 19.0. The lowest BCUT2D eigenvalue weighted by Gasteiger charge is -2.26. The van der Waals surface area contributed by atoms with Gasteiger partial charge in [0.1, 0.15) is 11.6 Å². The molecule has 26 heavy (non-hydrogen) atoms. The second-order valence-corrected chi connectivity index (χ2v) is 8.88. The van der Waals surface area contributed by atoms with Gasteiger partial charge in [0.2, 0.25) is 5.91 Å². The number of carbonyl (C=O) groups is 1. The number of nitrogens with one attached hydrogen (secondary N) is 1. The van der Waals surface area contributed by atoms with Crippen LogP contribution in [0.3, 0.4) is 0 Å². The molecule has 9 heteroatoms. The van der Waals surface area contributed by atoms with E-state index in [9.17, 15) is 17.6 Å². The molecule has 0 radical (unpaired) electrons. The van der Waals surface area contributed by atoms with Crippen LogP contribution in [0.4, 0.5) is 10.1 Å². The Morgan fingerprint density at radius 1 is 1.38 bits per heavy atom. The highest BCUT2D eigenvalue weighted by atomic mass is 35.5. The lowest BCUT2D eigenvalue weighted by molar-refractivity contribution is -0.118. The first-order valence-corrected chi connectivity index (χ1v) is 10.2. The molecule has 6 nitrogen and oxygen atoms in total. The molecule has 0 aliphatic carbocycles. The number of halogens is 2. The molecule has 2 heterocycles. The minimum atomic E-state index is -3.10. The minimum Gasteiger partial charge on any atom is -0.468 e. The summed E-state index contributed by atoms with van der Waals surface area (Å²) in [7, 11) is -3.10. The van der Waals surface area contributed by atoms with E-state index in [1.165, 1.54) is 18.4 Å². The summed E-state index contributed by atoms with van der Waals surface area (Å²) in [5, 5.41) is 2.73. The molecule has 1 amide bonds. The Morgan fingerprint density at radius 2 is 2.19 bits per heavy atom. The summed E-state index contributed by atoms with van der Waals surface area (Å²) in [4.78, 5) is 14.1. The molecule has 140 valence electrons. The lowest BCUT2D eigenvalue weighted by Crippen LogP contribution is -2.41. The number of anilines is 1. The van der Waals surface area contributed by atoms with Crippen molar-refractivity contribution in [3.63, 3.8) is 0 Å². The summed E-state index contributed by atoms with van der Waals surface area (Å²) in [5.74, 6) is -0.357. The summed E-state index contributed by atoms with van der Waals surface area (Å²) in [6.45, 7) is 0.215. The molecular formula is C17H18ClFN2O4S. The number of carbonyl (C=O) groups excluding carboxylic acids is 1. The number of nitrogens with zero attached hydrogens (tertiary/aromatic N) is 1. The number of furan rings is 1. The van der Waals surface area contributed by atoms with Crippen LogP contribution in [-0.4, -0.2) is 43.3 Å². The molecule has 1 saturated heterocycles. The molecule has 1 N–H and O–H groups in total. The van der Waals surface area contributed by atoms with Gasteiger partial charge in [0, 0.05) is 11.1 Å². The van der Waals surface area contributed by atoms with E-state index in [0.717, 1.165) is 6.07 Å². The van der Waals surface area contributed by atoms with Crippen LogP contribution in [0.25, 0.3) is 0 Å². The second-order valence-electron chi connectivity index (χ2n) is 6.21. The largest absolute Gasteiger partial charge is 0.468 e. The molecule has 0 bridgehead atoms. The van der Waals surface area contributed by atoms with Crippen LogP contribution in [-0.2, 0) is 21.2 Å². The van der Waals surface area contributed by atoms with Crippen molar-refractivity contribution in [1.82, 2.24) is 4.90 Å². The molecular weight excluding hydrogens is 383 g/mol. The Kier molecular flexibility index (Phi) is 5.64. The van der Waals surface area contributed by atoms with Gasteiger partial charge in [0.25, 0.3) is 0 Å². The highest BCUT2D eigenvalue weighted by Gasteiger charge is 2.33. The maximum absolute atomic E-state index is 13.8. The Bertz CT molecular complexity index is 886. The van der Waals surface area contributed by atoms with Gasteiger partial charge in [-0.2, -0.15) is 0 Å². The predicted molar refractivity (Wildman–Crippen MR) is 96.2 cm³/mol. The van der Waals surface area contributed by atoms with Crippen LogP contribution in [0.2, 0.25) is 5.02 Å². The molecule has 1 unspecified atom stereocenters. The van der Waals surface area contributed by atoms with Crippen molar-refractivity contribution in [2.24, 2.45) is 0 Å². The van der Waals surface area contributed by atoms with Gasteiger partial charge < -0.3 is 9.73 Å². The Hall–Kier alpha value is -1.90. The third-order valence-corrected chi connectivity index (χ3v) is 6.20. The van der Waals surface area contributed by atoms with Crippen molar-refractivity contribution in [2.75, 3.05) is 23.4 Å². The molecule has 1 fully saturated rings. The zero-order valence-corrected chi connectivity index (χ0v) is 15.4. The minimum absolute atomic E-state index is 0.00368. The standard InChI is InChI=1S/C17H18ClFN2O4S/c18-12-3-4-16(15(19)8-12)20-17(22)10-21(9-14-2-1-6-25-14)13-5-7-26(23,24)11-13/h1-4,6,8,13H,5,7,9-11H2,(H,20,22). The summed E-state index contributed by atoms with van der Waals surface area (Å²) >= 11 is 5.70. The number of rotatable bonds is 6. The van der Waals surface area contributed by atoms with E-state index in [2.05, 4.69) is 5.32 Å². The molecule has 3 rings (SSSR count). The van der Waals surface area contributed by atoms with E-state index >= 15 is 0 Å². The van der Waals surface area contributed by atoms with E-state index in [-0.39, 0.29) is 34.8 Å². The summed E-state index contributed by atoms with van der Waals surface area (Å²) in [5.41, 5.74) is 0.0244. The van der Waals surface area contributed by atoms with Gasteiger partial charge in [-0.15, -0.1) is 0 Å². The highest BCUT2D eigenvalue weighted by Crippen LogP contribution is 2.22. The zero-order chi connectivity index (χ0) is 18.7. The monoisotopic (exact) mass is 400 g/mol. The quantitative estimate of drug-likeness (QED) is 0.806. The number of hydrogen-bond acceptors (Lipinski definition) is 5. The van der Waals surface area contributed by atoms with Crippen molar-refractivity contribution in [2.45, 2.75) is 19.0 Å². The third-order valence-electron chi connectivity index (χ3n) is 4.22. The van der Waals surface area contributed by atoms with Crippen molar-refractivity contribution in [1.29, 1.82) is 0 Å². The number of sulfone groups is 1. The summed E-state index contributed by atoms with van der Waals surface area (Å²) < 4.78 is 42.7. The zero-order valence-electron chi connectivity index (χ0n) is 13.8. The SMILES string of the molecule is O=C(CN(Cc1ccco1)C1CCS(=O)(=O)C1)Nc1ccc(Cl)cc1F. The van der Waals surface area contributed by atoms with Crippen LogP contribution >= 0.6 is 11.6 Å². The average Bonchev–Trinajstić information content (AvgIpc) is 3.19. The van der Waals surface area contributed by atoms with Gasteiger partial charge in [-0.3, -0.25) is 9.69 Å². The van der Waals surface area contributed by atoms with Crippen molar-refractivity contribution >= 4 is 33.0 Å². The van der Waals surface area contributed by atoms with Crippen LogP contribution in [0.1, 0.15) is 12.2 Å². The molecule has 0 spiro atoms. The second kappa shape index (κ2) is 7.77. The first-order valence-electron chi connectivity index (χ1n) is 8.04. The Morgan fingerprint density at radius 3 is 2.81 bits per heavy atom. The van der Waals surface area contributed by atoms with Crippen LogP contribution in [0, 0.1) is 5.82 Å². The molecule has 1 aliphatic heterocycles. The summed E-state index contributed by atoms with van der Waals surface area (Å²) in [6, 6.07) is 7.17. The molecule has 1 aromatic carbocycles. The maximum atomic E-state index is 13.8. The van der Waals surface area contributed by atoms with Crippen LogP contribution in [0.15, 0.2) is 41.0 Å². The molecule has 1 atom stereocenters. The van der Waals surface area contributed by atoms with Gasteiger partial charge in [-0.1, -0.05) is 11.6 Å². The van der Waals surface area contributed by atoms with E-state index < -0.39 is 21.6 Å². The summed E-state index contributed by atoms with van der Waals surface area (Å²) in [6.07, 6.45) is 1.97. The first kappa shape index (κ1) is 18.9. The highest BCUT2D eigenvalue weighted by molar-refractivity contribution is 7.91. The van der Waals surface area contributed by atoms with E-state index in [0.29, 0.717) is 18.7 Å². The fourth-order valence-electron chi connectivity index (χ4n) is 2.95. The fraction of sp³-hybridized carbons (Fsp3) is 0.353. The van der Waals surface area contributed by atoms with Crippen molar-refractivity contribution in [3.8, 4) is 0 Å². The smallest absolute Gasteiger partial charge is 0.238 e. The van der Waals surface area contributed by atoms with Gasteiger partial charge in [-0.25, -0.2) is 12.8 Å². The van der Waals surface area contributed by atoms with Gasteiger partial charge in [0.15, 0.2) is 9.84 Å². The topological polar surface area (TPSA) is 79.6 Å².